The van der Waals surface area contributed by atoms with Crippen molar-refractivity contribution in [2.75, 3.05) is 0 Å². The summed E-state index contributed by atoms with van der Waals surface area (Å²) in [5.41, 5.74) is 15.9. The monoisotopic (exact) mass is 1510 g/mol. The molecule has 5 aromatic carbocycles. The third-order valence-electron chi connectivity index (χ3n) is 19.9. The normalized spacial score (nSPS) is 17.2. The first kappa shape index (κ1) is 94.1. The topological polar surface area (TPSA) is 201 Å². The molecule has 12 nitrogen and oxygen atoms in total. The molecule has 13 rings (SSSR count). The van der Waals surface area contributed by atoms with Crippen LogP contribution in [0, 0.1) is 24.2 Å². The minimum atomic E-state index is 0.0886. The minimum Gasteiger partial charge on any atom is -0.462 e. The summed E-state index contributed by atoms with van der Waals surface area (Å²) in [4.78, 5) is 115. The van der Waals surface area contributed by atoms with Crippen molar-refractivity contribution in [3.63, 3.8) is 0 Å². The van der Waals surface area contributed by atoms with Gasteiger partial charge in [0.25, 0.3) is 0 Å². The highest BCUT2D eigenvalue weighted by atomic mass is 16.3. The van der Waals surface area contributed by atoms with Gasteiger partial charge in [0, 0.05) is 36.8 Å². The van der Waals surface area contributed by atoms with E-state index in [0.717, 1.165) is 132 Å². The predicted molar refractivity (Wildman–Crippen MR) is 457 cm³/mol. The van der Waals surface area contributed by atoms with Gasteiger partial charge in [-0.1, -0.05) is 208 Å². The van der Waals surface area contributed by atoms with Gasteiger partial charge in [0.15, 0.2) is 52.0 Å². The maximum absolute atomic E-state index is 12.4. The number of aryl methyl sites for hydroxylation is 2. The molecule has 112 heavy (non-hydrogen) atoms. The van der Waals surface area contributed by atoms with Crippen molar-refractivity contribution in [3.05, 3.63) is 261 Å². The molecule has 0 aliphatic heterocycles. The number of fused-ring (bicyclic) bond motifs is 2. The maximum atomic E-state index is 12.4. The lowest BCUT2D eigenvalue weighted by Crippen LogP contribution is -2.20. The highest BCUT2D eigenvalue weighted by Gasteiger charge is 2.26. The van der Waals surface area contributed by atoms with Crippen LogP contribution in [0.5, 0.6) is 0 Å². The van der Waals surface area contributed by atoms with Crippen LogP contribution in [0.4, 0.5) is 0 Å². The summed E-state index contributed by atoms with van der Waals surface area (Å²) < 4.78 is 5.40. The zero-order valence-electron chi connectivity index (χ0n) is 69.3. The predicted octanol–water partition coefficient (Wildman–Crippen LogP) is 24.4. The number of carbonyl (C=O) groups is 9. The maximum Gasteiger partial charge on any atom is 0.373 e. The summed E-state index contributed by atoms with van der Waals surface area (Å²) in [6.45, 7) is 26.6. The molecule has 0 bridgehead atoms. The van der Waals surface area contributed by atoms with Crippen LogP contribution in [-0.4, -0.2) is 58.2 Å². The van der Waals surface area contributed by atoms with Gasteiger partial charge in [0.1, 0.15) is 11.5 Å². The van der Waals surface area contributed by atoms with Crippen molar-refractivity contribution < 1.29 is 57.2 Å². The molecule has 7 aliphatic rings. The molecule has 1 aromatic heterocycles. The van der Waals surface area contributed by atoms with Crippen LogP contribution >= 0.6 is 0 Å². The number of hydrogen-bond donors (Lipinski definition) is 0. The zero-order chi connectivity index (χ0) is 82.5. The van der Waals surface area contributed by atoms with Gasteiger partial charge < -0.3 is 4.42 Å². The van der Waals surface area contributed by atoms with E-state index in [1.165, 1.54) is 109 Å². The number of allylic oxidation sites excluding steroid dienone is 17. The fourth-order valence-electron chi connectivity index (χ4n) is 14.4. The molecule has 0 radical (unpaired) electrons. The van der Waals surface area contributed by atoms with Crippen LogP contribution in [0.25, 0.3) is 33.6 Å². The summed E-state index contributed by atoms with van der Waals surface area (Å²) in [6.07, 6.45) is 41.7. The molecule has 0 atom stereocenters. The lowest BCUT2D eigenvalue weighted by Gasteiger charge is -2.27. The Hall–Kier alpha value is -10.3. The second-order valence-corrected chi connectivity index (χ2v) is 30.9. The molecule has 594 valence electrons. The van der Waals surface area contributed by atoms with Gasteiger partial charge in [0.05, 0.1) is 0 Å². The fraction of sp³-hybridized carbons (Fsp3) is 0.400. The molecule has 7 aliphatic carbocycles. The molecule has 0 saturated heterocycles. The number of benzene rings is 5. The van der Waals surface area contributed by atoms with E-state index >= 15 is 0 Å². The van der Waals surface area contributed by atoms with Crippen LogP contribution in [0.2, 0.25) is 0 Å². The molecule has 0 amide bonds. The Bertz CT molecular complexity index is 4440. The van der Waals surface area contributed by atoms with E-state index in [2.05, 4.69) is 51.1 Å². The quantitative estimate of drug-likeness (QED) is 0.111. The summed E-state index contributed by atoms with van der Waals surface area (Å²) in [6, 6.07) is 46.1. The van der Waals surface area contributed by atoms with E-state index < -0.39 is 0 Å². The number of hydrogen-bond acceptors (Lipinski definition) is 12. The van der Waals surface area contributed by atoms with E-state index in [4.69, 9.17) is 14.0 Å². The average molecular weight is 1520 g/mol. The first-order valence-electron chi connectivity index (χ1n) is 40.0. The number of Topliss-reactive ketones (excluding diaryl/α,β-unsaturated/α-hetero) is 1. The standard InChI is InChI=1S/C17H14O.C15H14O.C12H18O.C11H18O.C11H12O.C10H10O2.C9H14O.C7H10O.C7H12O.CO2/c18-17-15(12-13-6-2-1-3-7-13)11-10-14-8-4-5-9-16(14)17;1-11(9-12(2)16)14-8-7-13-5-3-4-6-15(13)10-14;13-12-8-4-7-11(9-12)10-5-2-1-3-6-10;2*1-9(8-10(2)12)11-6-4-3-5-7-11;1-7-2-5-10(12-7)8-3-4-9(11)6-8;1-7-4-8(10)6-9(2,3)5-7;1-6-3-2-4-7(8)5-6;1-4-6(2)5-7(3)8;2-1-3/h1-9,12H,10-11H2;3-10H,1-2H3;9-10H,1-8H2;8,11H,3-7H2,1-2H3;3-8H,1-2H3;2,5-6H,3-4H2,1H3;4H,5-6H2,1-3H3;5H,2-4H2,1H3;5H,4H2,1-3H3;. The number of ketones is 9. The van der Waals surface area contributed by atoms with Crippen LogP contribution < -0.4 is 0 Å². The first-order chi connectivity index (χ1) is 53.4. The average Bonchev–Trinajstić information content (AvgIpc) is 1.10. The SMILES string of the molecule is CC(=O)C=C(C)C1CCCCC1.CC(=O)C=C(C)c1ccc2ccccc2c1.CC(=O)C=C(C)c1ccccc1.CC1=CC(=O)CC(C)(C)C1.CC1=CC(=O)CCC1.CCC(C)=CC(C)=O.Cc1ccc(C2=CC(=O)CC2)o1.O=C1C(=Cc2ccccc2)CCc2ccccc21.O=C1C=C(C2CCCCC2)CCC1.O=C=O. The van der Waals surface area contributed by atoms with E-state index in [1.54, 1.807) is 70.2 Å². The van der Waals surface area contributed by atoms with Gasteiger partial charge in [-0.05, 0) is 300 Å². The Morgan fingerprint density at radius 1 is 0.464 bits per heavy atom. The number of rotatable bonds is 11. The molecule has 0 spiro atoms. The van der Waals surface area contributed by atoms with Crippen molar-refractivity contribution in [2.45, 2.75) is 245 Å². The van der Waals surface area contributed by atoms with E-state index in [0.29, 0.717) is 30.3 Å². The fourth-order valence-corrected chi connectivity index (χ4v) is 14.4. The molecule has 1 heterocycles. The molecule has 2 saturated carbocycles. The van der Waals surface area contributed by atoms with Crippen LogP contribution in [0.15, 0.2) is 226 Å². The van der Waals surface area contributed by atoms with Crippen LogP contribution in [0.3, 0.4) is 0 Å². The number of furan rings is 1. The molecular formula is C100H122O12. The second kappa shape index (κ2) is 51.3. The van der Waals surface area contributed by atoms with Gasteiger partial charge in [-0.2, -0.15) is 9.59 Å². The Morgan fingerprint density at radius 2 is 0.991 bits per heavy atom. The van der Waals surface area contributed by atoms with Crippen molar-refractivity contribution in [1.82, 2.24) is 0 Å². The largest absolute Gasteiger partial charge is 0.462 e. The van der Waals surface area contributed by atoms with E-state index in [-0.39, 0.29) is 52.0 Å². The lowest BCUT2D eigenvalue weighted by molar-refractivity contribution is -0.192. The highest BCUT2D eigenvalue weighted by molar-refractivity contribution is 6.13. The van der Waals surface area contributed by atoms with Gasteiger partial charge in [0.2, 0.25) is 0 Å². The Balaban J connectivity index is 0.000000267. The third-order valence-corrected chi connectivity index (χ3v) is 19.9. The van der Waals surface area contributed by atoms with Gasteiger partial charge in [-0.3, -0.25) is 43.2 Å². The molecule has 12 heteroatoms. The Labute approximate surface area is 668 Å². The van der Waals surface area contributed by atoms with E-state index in [9.17, 15) is 43.2 Å². The van der Waals surface area contributed by atoms with Gasteiger partial charge in [-0.15, -0.1) is 0 Å². The smallest absolute Gasteiger partial charge is 0.373 e. The number of carbonyl (C=O) groups excluding carboxylic acids is 11. The summed E-state index contributed by atoms with van der Waals surface area (Å²) in [5.74, 6) is 5.06. The van der Waals surface area contributed by atoms with Gasteiger partial charge in [-0.25, -0.2) is 0 Å². The third kappa shape index (κ3) is 38.1. The summed E-state index contributed by atoms with van der Waals surface area (Å²) in [5, 5.41) is 2.43. The molecular weight excluding hydrogens is 1390 g/mol. The van der Waals surface area contributed by atoms with E-state index in [1.807, 2.05) is 170 Å². The first-order valence-corrected chi connectivity index (χ1v) is 40.0. The summed E-state index contributed by atoms with van der Waals surface area (Å²) >= 11 is 0. The van der Waals surface area contributed by atoms with Gasteiger partial charge >= 0.3 is 6.15 Å². The Morgan fingerprint density at radius 3 is 1.50 bits per heavy atom. The zero-order valence-corrected chi connectivity index (χ0v) is 69.3. The molecule has 0 unspecified atom stereocenters. The second-order valence-electron chi connectivity index (χ2n) is 30.9. The Kier molecular flexibility index (Phi) is 43.1. The van der Waals surface area contributed by atoms with Crippen molar-refractivity contribution in [3.8, 4) is 0 Å². The lowest BCUT2D eigenvalue weighted by atomic mass is 9.77. The minimum absolute atomic E-state index is 0.0886. The molecule has 0 N–H and O–H groups in total. The van der Waals surface area contributed by atoms with Crippen molar-refractivity contribution in [2.24, 2.45) is 17.3 Å². The van der Waals surface area contributed by atoms with Crippen LogP contribution in [-0.2, 0) is 54.4 Å². The molecule has 2 fully saturated rings. The molecule has 6 aromatic rings. The van der Waals surface area contributed by atoms with Crippen molar-refractivity contribution >= 4 is 91.8 Å². The summed E-state index contributed by atoms with van der Waals surface area (Å²) in [7, 11) is 0. The van der Waals surface area contributed by atoms with Crippen LogP contribution in [0.1, 0.15) is 275 Å². The highest BCUT2D eigenvalue weighted by Crippen LogP contribution is 2.36. The van der Waals surface area contributed by atoms with Crippen molar-refractivity contribution in [1.29, 1.82) is 0 Å².